The molecular formula is C16H24FNO2S. The van der Waals surface area contributed by atoms with E-state index in [0.717, 1.165) is 12.1 Å². The number of benzene rings is 1. The second-order valence-electron chi connectivity index (χ2n) is 5.87. The van der Waals surface area contributed by atoms with Crippen molar-refractivity contribution in [2.45, 2.75) is 44.6 Å². The fourth-order valence-electron chi connectivity index (χ4n) is 2.48. The van der Waals surface area contributed by atoms with Crippen molar-refractivity contribution in [3.63, 3.8) is 0 Å². The van der Waals surface area contributed by atoms with Crippen molar-refractivity contribution in [2.75, 3.05) is 18.1 Å². The summed E-state index contributed by atoms with van der Waals surface area (Å²) in [5, 5.41) is 3.43. The van der Waals surface area contributed by atoms with Crippen LogP contribution in [0.15, 0.2) is 24.3 Å². The van der Waals surface area contributed by atoms with Crippen LogP contribution >= 0.6 is 0 Å². The van der Waals surface area contributed by atoms with Crippen molar-refractivity contribution < 1.29 is 12.8 Å². The largest absolute Gasteiger partial charge is 0.313 e. The maximum atomic E-state index is 13.4. The highest BCUT2D eigenvalue weighted by Gasteiger charge is 2.23. The summed E-state index contributed by atoms with van der Waals surface area (Å²) >= 11 is 0. The Morgan fingerprint density at radius 2 is 2.10 bits per heavy atom. The maximum Gasteiger partial charge on any atom is 0.150 e. The van der Waals surface area contributed by atoms with Gasteiger partial charge in [0.2, 0.25) is 0 Å². The fraction of sp³-hybridized carbons (Fsp3) is 0.625. The molecule has 1 atom stereocenters. The summed E-state index contributed by atoms with van der Waals surface area (Å²) in [7, 11) is -2.99. The van der Waals surface area contributed by atoms with Crippen molar-refractivity contribution in [1.29, 1.82) is 0 Å². The van der Waals surface area contributed by atoms with Gasteiger partial charge in [-0.1, -0.05) is 19.1 Å². The van der Waals surface area contributed by atoms with Crippen LogP contribution in [0, 0.1) is 5.82 Å². The van der Waals surface area contributed by atoms with Gasteiger partial charge in [-0.15, -0.1) is 0 Å². The van der Waals surface area contributed by atoms with Gasteiger partial charge in [0.25, 0.3) is 0 Å². The molecule has 1 aromatic carbocycles. The van der Waals surface area contributed by atoms with Gasteiger partial charge in [-0.3, -0.25) is 0 Å². The molecule has 1 aliphatic carbocycles. The number of hydrogen-bond donors (Lipinski definition) is 1. The lowest BCUT2D eigenvalue weighted by molar-refractivity contribution is 0.549. The zero-order valence-corrected chi connectivity index (χ0v) is 13.3. The Morgan fingerprint density at radius 1 is 1.33 bits per heavy atom. The standard InChI is InChI=1S/C16H24FNO2S/c1-2-9-21(19,20)10-8-14(12-18-16-6-7-16)13-4-3-5-15(17)11-13/h3-5,11,14,16,18H,2,6-10,12H2,1H3. The Kier molecular flexibility index (Phi) is 5.76. The highest BCUT2D eigenvalue weighted by atomic mass is 32.2. The van der Waals surface area contributed by atoms with E-state index in [9.17, 15) is 12.8 Å². The first-order valence-corrected chi connectivity index (χ1v) is 9.51. The molecule has 1 fully saturated rings. The van der Waals surface area contributed by atoms with Gasteiger partial charge in [0, 0.05) is 18.3 Å². The van der Waals surface area contributed by atoms with Crippen LogP contribution in [0.3, 0.4) is 0 Å². The molecule has 0 bridgehead atoms. The summed E-state index contributed by atoms with van der Waals surface area (Å²) in [4.78, 5) is 0. The van der Waals surface area contributed by atoms with E-state index in [1.165, 1.54) is 25.0 Å². The quantitative estimate of drug-likeness (QED) is 0.762. The molecule has 1 aliphatic rings. The van der Waals surface area contributed by atoms with E-state index in [4.69, 9.17) is 0 Å². The third-order valence-corrected chi connectivity index (χ3v) is 5.73. The molecule has 1 saturated carbocycles. The lowest BCUT2D eigenvalue weighted by Crippen LogP contribution is -2.25. The van der Waals surface area contributed by atoms with Crippen LogP contribution in [0.2, 0.25) is 0 Å². The van der Waals surface area contributed by atoms with Gasteiger partial charge in [-0.25, -0.2) is 12.8 Å². The van der Waals surface area contributed by atoms with Gasteiger partial charge in [-0.05, 0) is 49.3 Å². The Bertz CT molecular complexity index is 555. The Hall–Kier alpha value is -0.940. The van der Waals surface area contributed by atoms with Crippen LogP contribution in [0.25, 0.3) is 0 Å². The van der Waals surface area contributed by atoms with Gasteiger partial charge in [0.15, 0.2) is 0 Å². The number of sulfone groups is 1. The number of halogens is 1. The normalized spacial score (nSPS) is 16.9. The monoisotopic (exact) mass is 313 g/mol. The lowest BCUT2D eigenvalue weighted by Gasteiger charge is -2.18. The summed E-state index contributed by atoms with van der Waals surface area (Å²) in [5.74, 6) is 0.195. The Labute approximate surface area is 126 Å². The van der Waals surface area contributed by atoms with Crippen molar-refractivity contribution in [2.24, 2.45) is 0 Å². The van der Waals surface area contributed by atoms with E-state index in [1.807, 2.05) is 13.0 Å². The highest BCUT2D eigenvalue weighted by molar-refractivity contribution is 7.91. The fourth-order valence-corrected chi connectivity index (χ4v) is 3.95. The molecule has 0 aliphatic heterocycles. The van der Waals surface area contributed by atoms with E-state index in [1.54, 1.807) is 6.07 Å². The van der Waals surface area contributed by atoms with Crippen molar-refractivity contribution in [3.05, 3.63) is 35.6 Å². The molecular weight excluding hydrogens is 289 g/mol. The molecule has 0 aromatic heterocycles. The van der Waals surface area contributed by atoms with Crippen LogP contribution in [0.5, 0.6) is 0 Å². The second-order valence-corrected chi connectivity index (χ2v) is 8.18. The Morgan fingerprint density at radius 3 is 2.71 bits per heavy atom. The van der Waals surface area contributed by atoms with E-state index < -0.39 is 9.84 Å². The van der Waals surface area contributed by atoms with E-state index in [0.29, 0.717) is 18.9 Å². The van der Waals surface area contributed by atoms with Gasteiger partial charge >= 0.3 is 0 Å². The highest BCUT2D eigenvalue weighted by Crippen LogP contribution is 2.24. The number of rotatable bonds is 9. The molecule has 1 N–H and O–H groups in total. The van der Waals surface area contributed by atoms with Crippen LogP contribution in [0.4, 0.5) is 4.39 Å². The summed E-state index contributed by atoms with van der Waals surface area (Å²) in [6.45, 7) is 2.59. The van der Waals surface area contributed by atoms with E-state index in [-0.39, 0.29) is 23.2 Å². The molecule has 1 unspecified atom stereocenters. The average molecular weight is 313 g/mol. The first-order chi connectivity index (χ1) is 10.00. The SMILES string of the molecule is CCCS(=O)(=O)CCC(CNC1CC1)c1cccc(F)c1. The minimum Gasteiger partial charge on any atom is -0.313 e. The maximum absolute atomic E-state index is 13.4. The molecule has 0 amide bonds. The molecule has 1 aromatic rings. The average Bonchev–Trinajstić information content (AvgIpc) is 3.22. The van der Waals surface area contributed by atoms with Crippen LogP contribution < -0.4 is 5.32 Å². The summed E-state index contributed by atoms with van der Waals surface area (Å²) in [6.07, 6.45) is 3.56. The Balaban J connectivity index is 2.00. The molecule has 5 heteroatoms. The van der Waals surface area contributed by atoms with E-state index >= 15 is 0 Å². The molecule has 0 saturated heterocycles. The number of nitrogens with one attached hydrogen (secondary N) is 1. The predicted octanol–water partition coefficient (Wildman–Crippen LogP) is 2.88. The van der Waals surface area contributed by atoms with Crippen molar-refractivity contribution >= 4 is 9.84 Å². The third-order valence-electron chi connectivity index (χ3n) is 3.84. The molecule has 118 valence electrons. The molecule has 2 rings (SSSR count). The molecule has 0 spiro atoms. The van der Waals surface area contributed by atoms with Crippen molar-refractivity contribution in [3.8, 4) is 0 Å². The smallest absolute Gasteiger partial charge is 0.150 e. The molecule has 21 heavy (non-hydrogen) atoms. The van der Waals surface area contributed by atoms with Crippen LogP contribution in [0.1, 0.15) is 44.1 Å². The molecule has 0 radical (unpaired) electrons. The first-order valence-electron chi connectivity index (χ1n) is 7.69. The van der Waals surface area contributed by atoms with Crippen LogP contribution in [-0.2, 0) is 9.84 Å². The predicted molar refractivity (Wildman–Crippen MR) is 83.7 cm³/mol. The molecule has 3 nitrogen and oxygen atoms in total. The lowest BCUT2D eigenvalue weighted by atomic mass is 9.96. The van der Waals surface area contributed by atoms with Gasteiger partial charge in [-0.2, -0.15) is 0 Å². The van der Waals surface area contributed by atoms with E-state index in [2.05, 4.69) is 5.32 Å². The van der Waals surface area contributed by atoms with Crippen LogP contribution in [-0.4, -0.2) is 32.5 Å². The minimum absolute atomic E-state index is 0.0490. The summed E-state index contributed by atoms with van der Waals surface area (Å²) < 4.78 is 37.2. The summed E-state index contributed by atoms with van der Waals surface area (Å²) in [6, 6.07) is 7.08. The van der Waals surface area contributed by atoms with Gasteiger partial charge in [0.05, 0.1) is 5.75 Å². The van der Waals surface area contributed by atoms with Crippen molar-refractivity contribution in [1.82, 2.24) is 5.32 Å². The zero-order chi connectivity index (χ0) is 15.3. The first kappa shape index (κ1) is 16.4. The second kappa shape index (κ2) is 7.36. The summed E-state index contributed by atoms with van der Waals surface area (Å²) in [5.41, 5.74) is 0.884. The third kappa shape index (κ3) is 5.75. The van der Waals surface area contributed by atoms with Gasteiger partial charge in [0.1, 0.15) is 15.7 Å². The molecule has 0 heterocycles. The topological polar surface area (TPSA) is 46.2 Å². The minimum atomic E-state index is -2.99. The van der Waals surface area contributed by atoms with Gasteiger partial charge < -0.3 is 5.32 Å². The number of hydrogen-bond acceptors (Lipinski definition) is 3. The zero-order valence-electron chi connectivity index (χ0n) is 12.5.